The molecule has 0 aliphatic heterocycles. The Morgan fingerprint density at radius 3 is 2.22 bits per heavy atom. The molecule has 1 aromatic heterocycles. The Balaban J connectivity index is 2.28. The maximum Gasteiger partial charge on any atom is 0.343 e. The molecule has 5 nitrogen and oxygen atoms in total. The lowest BCUT2D eigenvalue weighted by molar-refractivity contribution is 0.00689. The monoisotopic (exact) mass is 365 g/mol. The summed E-state index contributed by atoms with van der Waals surface area (Å²) in [5.74, 6) is -0.304. The number of rotatable bonds is 4. The Morgan fingerprint density at radius 1 is 0.963 bits per heavy atom. The van der Waals surface area contributed by atoms with Crippen molar-refractivity contribution in [2.75, 3.05) is 7.11 Å². The van der Waals surface area contributed by atoms with Crippen LogP contribution in [0, 0.1) is 6.92 Å². The van der Waals surface area contributed by atoms with E-state index in [1.54, 1.807) is 45.0 Å². The first-order valence-electron chi connectivity index (χ1n) is 8.75. The van der Waals surface area contributed by atoms with Crippen LogP contribution in [0.1, 0.15) is 52.7 Å². The third-order valence-electron chi connectivity index (χ3n) is 4.20. The number of ether oxygens (including phenoxy) is 2. The van der Waals surface area contributed by atoms with Crippen LogP contribution in [0.5, 0.6) is 5.75 Å². The van der Waals surface area contributed by atoms with E-state index >= 15 is 0 Å². The van der Waals surface area contributed by atoms with E-state index in [0.29, 0.717) is 33.5 Å². The van der Waals surface area contributed by atoms with Gasteiger partial charge in [0.05, 0.1) is 12.7 Å². The Hall–Kier alpha value is -3.08. The van der Waals surface area contributed by atoms with Gasteiger partial charge in [0.15, 0.2) is 5.78 Å². The summed E-state index contributed by atoms with van der Waals surface area (Å²) >= 11 is 0. The molecule has 1 heterocycles. The fourth-order valence-corrected chi connectivity index (χ4v) is 3.12. The third kappa shape index (κ3) is 3.58. The maximum atomic E-state index is 13.2. The predicted molar refractivity (Wildman–Crippen MR) is 105 cm³/mol. The number of aromatic amines is 1. The summed E-state index contributed by atoms with van der Waals surface area (Å²) in [7, 11) is 1.49. The zero-order chi connectivity index (χ0) is 19.8. The average Bonchev–Trinajstić information content (AvgIpc) is 2.95. The second-order valence-corrected chi connectivity index (χ2v) is 7.39. The number of aromatic nitrogens is 1. The molecule has 140 valence electrons. The SMILES string of the molecule is COc1ccc2[nH]c(C)c(C(=O)c3ccccc3)c2c1C(=O)OC(C)(C)C. The first-order valence-corrected chi connectivity index (χ1v) is 8.75. The van der Waals surface area contributed by atoms with Crippen molar-refractivity contribution in [3.63, 3.8) is 0 Å². The molecule has 0 fully saturated rings. The third-order valence-corrected chi connectivity index (χ3v) is 4.20. The quantitative estimate of drug-likeness (QED) is 0.539. The number of H-pyrrole nitrogens is 1. The van der Waals surface area contributed by atoms with Crippen molar-refractivity contribution in [1.29, 1.82) is 0 Å². The van der Waals surface area contributed by atoms with E-state index < -0.39 is 11.6 Å². The van der Waals surface area contributed by atoms with E-state index in [1.807, 2.05) is 25.1 Å². The highest BCUT2D eigenvalue weighted by Crippen LogP contribution is 2.34. The fourth-order valence-electron chi connectivity index (χ4n) is 3.12. The van der Waals surface area contributed by atoms with E-state index in [2.05, 4.69) is 4.98 Å². The molecule has 2 aromatic carbocycles. The highest BCUT2D eigenvalue weighted by atomic mass is 16.6. The molecule has 5 heteroatoms. The van der Waals surface area contributed by atoms with E-state index in [-0.39, 0.29) is 11.3 Å². The summed E-state index contributed by atoms with van der Waals surface area (Å²) in [5, 5.41) is 0.523. The van der Waals surface area contributed by atoms with Crippen LogP contribution in [0.3, 0.4) is 0 Å². The first-order chi connectivity index (χ1) is 12.7. The number of nitrogens with one attached hydrogen (secondary N) is 1. The Bertz CT molecular complexity index is 1010. The van der Waals surface area contributed by atoms with Crippen molar-refractivity contribution < 1.29 is 19.1 Å². The molecule has 0 amide bonds. The van der Waals surface area contributed by atoms with Gasteiger partial charge in [0, 0.05) is 22.2 Å². The fraction of sp³-hybridized carbons (Fsp3) is 0.273. The minimum absolute atomic E-state index is 0.155. The van der Waals surface area contributed by atoms with Gasteiger partial charge >= 0.3 is 5.97 Å². The van der Waals surface area contributed by atoms with E-state index in [9.17, 15) is 9.59 Å². The lowest BCUT2D eigenvalue weighted by atomic mass is 9.97. The van der Waals surface area contributed by atoms with Crippen LogP contribution in [-0.4, -0.2) is 29.4 Å². The molecule has 0 spiro atoms. The van der Waals surface area contributed by atoms with Gasteiger partial charge in [-0.1, -0.05) is 30.3 Å². The van der Waals surface area contributed by atoms with Crippen LogP contribution >= 0.6 is 0 Å². The number of fused-ring (bicyclic) bond motifs is 1. The van der Waals surface area contributed by atoms with Crippen LogP contribution in [0.25, 0.3) is 10.9 Å². The van der Waals surface area contributed by atoms with E-state index in [1.165, 1.54) is 7.11 Å². The molecule has 0 saturated heterocycles. The lowest BCUT2D eigenvalue weighted by Crippen LogP contribution is -2.24. The van der Waals surface area contributed by atoms with Crippen LogP contribution in [-0.2, 0) is 4.74 Å². The number of hydrogen-bond acceptors (Lipinski definition) is 4. The first kappa shape index (κ1) is 18.7. The molecule has 0 unspecified atom stereocenters. The predicted octanol–water partition coefficient (Wildman–Crippen LogP) is 4.67. The lowest BCUT2D eigenvalue weighted by Gasteiger charge is -2.21. The van der Waals surface area contributed by atoms with Gasteiger partial charge in [-0.3, -0.25) is 4.79 Å². The molecule has 3 rings (SSSR count). The molecule has 0 bridgehead atoms. The highest BCUT2D eigenvalue weighted by molar-refractivity contribution is 6.21. The second kappa shape index (κ2) is 6.91. The smallest absolute Gasteiger partial charge is 0.343 e. The number of carbonyl (C=O) groups excluding carboxylic acids is 2. The number of ketones is 1. The molecular weight excluding hydrogens is 342 g/mol. The number of benzene rings is 2. The number of hydrogen-bond donors (Lipinski definition) is 1. The van der Waals surface area contributed by atoms with Gasteiger partial charge in [0.1, 0.15) is 16.9 Å². The molecule has 3 aromatic rings. The maximum absolute atomic E-state index is 13.2. The molecule has 0 atom stereocenters. The van der Waals surface area contributed by atoms with Crippen LogP contribution in [0.2, 0.25) is 0 Å². The summed E-state index contributed by atoms with van der Waals surface area (Å²) in [4.78, 5) is 29.3. The van der Waals surface area contributed by atoms with Gasteiger partial charge in [0.2, 0.25) is 0 Å². The second-order valence-electron chi connectivity index (χ2n) is 7.39. The largest absolute Gasteiger partial charge is 0.496 e. The van der Waals surface area contributed by atoms with E-state index in [4.69, 9.17) is 9.47 Å². The van der Waals surface area contributed by atoms with Gasteiger partial charge < -0.3 is 14.5 Å². The van der Waals surface area contributed by atoms with Crippen molar-refractivity contribution in [2.45, 2.75) is 33.3 Å². The molecular formula is C22H23NO4. The molecule has 0 aliphatic carbocycles. The molecule has 1 N–H and O–H groups in total. The summed E-state index contributed by atoms with van der Waals surface area (Å²) in [5.41, 5.74) is 1.98. The van der Waals surface area contributed by atoms with Crippen LogP contribution in [0.4, 0.5) is 0 Å². The minimum atomic E-state index is -0.667. The highest BCUT2D eigenvalue weighted by Gasteiger charge is 2.28. The van der Waals surface area contributed by atoms with Crippen LogP contribution < -0.4 is 4.74 Å². The normalized spacial score (nSPS) is 11.4. The zero-order valence-corrected chi connectivity index (χ0v) is 16.2. The average molecular weight is 365 g/mol. The number of esters is 1. The zero-order valence-electron chi connectivity index (χ0n) is 16.2. The van der Waals surface area contributed by atoms with Crippen molar-refractivity contribution >= 4 is 22.7 Å². The van der Waals surface area contributed by atoms with Gasteiger partial charge in [-0.05, 0) is 39.8 Å². The Labute approximate surface area is 158 Å². The summed E-state index contributed by atoms with van der Waals surface area (Å²) in [6.07, 6.45) is 0. The Kier molecular flexibility index (Phi) is 4.79. The summed E-state index contributed by atoms with van der Waals surface area (Å²) < 4.78 is 11.0. The number of aryl methyl sites for hydroxylation is 1. The van der Waals surface area contributed by atoms with Crippen molar-refractivity contribution in [3.8, 4) is 5.75 Å². The van der Waals surface area contributed by atoms with Crippen LogP contribution in [0.15, 0.2) is 42.5 Å². The molecule has 0 saturated carbocycles. The summed E-state index contributed by atoms with van der Waals surface area (Å²) in [6.45, 7) is 7.23. The number of methoxy groups -OCH3 is 1. The van der Waals surface area contributed by atoms with Gasteiger partial charge in [-0.25, -0.2) is 4.79 Å². The van der Waals surface area contributed by atoms with Crippen molar-refractivity contribution in [3.05, 3.63) is 64.8 Å². The number of carbonyl (C=O) groups is 2. The summed E-state index contributed by atoms with van der Waals surface area (Å²) in [6, 6.07) is 12.5. The topological polar surface area (TPSA) is 68.4 Å². The van der Waals surface area contributed by atoms with E-state index in [0.717, 1.165) is 0 Å². The molecule has 27 heavy (non-hydrogen) atoms. The minimum Gasteiger partial charge on any atom is -0.496 e. The van der Waals surface area contributed by atoms with Gasteiger partial charge in [-0.15, -0.1) is 0 Å². The molecule has 0 radical (unpaired) electrons. The standard InChI is InChI=1S/C22H23NO4/c1-13-17(20(24)14-9-7-6-8-10-14)18-15(23-13)11-12-16(26-5)19(18)21(25)27-22(2,3)4/h6-12,23H,1-5H3. The van der Waals surface area contributed by atoms with Crippen molar-refractivity contribution in [2.24, 2.45) is 0 Å². The van der Waals surface area contributed by atoms with Gasteiger partial charge in [-0.2, -0.15) is 0 Å². The molecule has 0 aliphatic rings. The Morgan fingerprint density at radius 2 is 1.63 bits per heavy atom. The van der Waals surface area contributed by atoms with Gasteiger partial charge in [0.25, 0.3) is 0 Å². The van der Waals surface area contributed by atoms with Crippen molar-refractivity contribution in [1.82, 2.24) is 4.98 Å².